The summed E-state index contributed by atoms with van der Waals surface area (Å²) in [5, 5.41) is 0.818. The van der Waals surface area contributed by atoms with Gasteiger partial charge in [-0.2, -0.15) is 0 Å². The first-order valence-electron chi connectivity index (χ1n) is 5.87. The summed E-state index contributed by atoms with van der Waals surface area (Å²) in [6, 6.07) is 6.06. The van der Waals surface area contributed by atoms with Gasteiger partial charge in [0.1, 0.15) is 0 Å². The van der Waals surface area contributed by atoms with Gasteiger partial charge >= 0.3 is 0 Å². The van der Waals surface area contributed by atoms with Crippen LogP contribution in [-0.2, 0) is 11.2 Å². The number of benzene rings is 1. The normalized spacial score (nSPS) is 19.2. The molecule has 0 saturated carbocycles. The molecule has 1 aromatic carbocycles. The van der Waals surface area contributed by atoms with Crippen molar-refractivity contribution in [2.45, 2.75) is 19.3 Å². The van der Waals surface area contributed by atoms with Crippen LogP contribution in [0.15, 0.2) is 22.7 Å². The third-order valence-corrected chi connectivity index (χ3v) is 4.41. The van der Waals surface area contributed by atoms with Gasteiger partial charge in [-0.05, 0) is 48.9 Å². The highest BCUT2D eigenvalue weighted by Crippen LogP contribution is 2.35. The van der Waals surface area contributed by atoms with Crippen LogP contribution in [0.5, 0.6) is 0 Å². The zero-order chi connectivity index (χ0) is 12.3. The van der Waals surface area contributed by atoms with Crippen molar-refractivity contribution < 1.29 is 4.74 Å². The van der Waals surface area contributed by atoms with Crippen molar-refractivity contribution in [3.63, 3.8) is 0 Å². The van der Waals surface area contributed by atoms with E-state index in [1.807, 2.05) is 12.1 Å². The summed E-state index contributed by atoms with van der Waals surface area (Å²) in [5.74, 6) is 0. The second kappa shape index (κ2) is 5.70. The molecular weight excluding hydrogens is 302 g/mol. The second-order valence-corrected chi connectivity index (χ2v) is 6.05. The minimum Gasteiger partial charge on any atom is -0.381 e. The summed E-state index contributed by atoms with van der Waals surface area (Å²) in [6.45, 7) is 2.32. The van der Waals surface area contributed by atoms with E-state index in [0.29, 0.717) is 6.54 Å². The van der Waals surface area contributed by atoms with E-state index in [4.69, 9.17) is 22.1 Å². The van der Waals surface area contributed by atoms with E-state index in [1.54, 1.807) is 0 Å². The molecule has 2 N–H and O–H groups in total. The van der Waals surface area contributed by atoms with Crippen molar-refractivity contribution in [3.05, 3.63) is 33.3 Å². The Morgan fingerprint density at radius 3 is 2.65 bits per heavy atom. The van der Waals surface area contributed by atoms with Crippen molar-refractivity contribution >= 4 is 27.5 Å². The lowest BCUT2D eigenvalue weighted by Crippen LogP contribution is -2.38. The van der Waals surface area contributed by atoms with Crippen LogP contribution in [0.4, 0.5) is 0 Å². The van der Waals surface area contributed by atoms with Gasteiger partial charge in [-0.25, -0.2) is 0 Å². The summed E-state index contributed by atoms with van der Waals surface area (Å²) in [7, 11) is 0. The first-order valence-corrected chi connectivity index (χ1v) is 7.04. The third-order valence-electron chi connectivity index (χ3n) is 3.57. The Morgan fingerprint density at radius 1 is 1.35 bits per heavy atom. The molecule has 0 spiro atoms. The van der Waals surface area contributed by atoms with Gasteiger partial charge in [0.25, 0.3) is 0 Å². The van der Waals surface area contributed by atoms with Crippen molar-refractivity contribution in [3.8, 4) is 0 Å². The fourth-order valence-electron chi connectivity index (χ4n) is 2.33. The quantitative estimate of drug-likeness (QED) is 0.927. The summed E-state index contributed by atoms with van der Waals surface area (Å²) in [4.78, 5) is 0. The lowest BCUT2D eigenvalue weighted by molar-refractivity contribution is 0.0191. The Morgan fingerprint density at radius 2 is 2.06 bits per heavy atom. The first kappa shape index (κ1) is 13.3. The molecule has 17 heavy (non-hydrogen) atoms. The highest BCUT2D eigenvalue weighted by molar-refractivity contribution is 9.10. The molecule has 0 aliphatic carbocycles. The number of rotatable bonds is 3. The molecule has 94 valence electrons. The van der Waals surface area contributed by atoms with E-state index >= 15 is 0 Å². The van der Waals surface area contributed by atoms with Crippen molar-refractivity contribution in [1.29, 1.82) is 0 Å². The zero-order valence-electron chi connectivity index (χ0n) is 9.72. The number of hydrogen-bond acceptors (Lipinski definition) is 2. The molecule has 0 radical (unpaired) electrons. The van der Waals surface area contributed by atoms with Gasteiger partial charge in [0.2, 0.25) is 0 Å². The molecule has 1 fully saturated rings. The highest BCUT2D eigenvalue weighted by atomic mass is 79.9. The predicted octanol–water partition coefficient (Wildman–Crippen LogP) is 3.40. The Balaban J connectivity index is 2.17. The molecule has 1 aromatic rings. The maximum Gasteiger partial charge on any atom is 0.0471 e. The topological polar surface area (TPSA) is 35.2 Å². The summed E-state index contributed by atoms with van der Waals surface area (Å²) in [5.41, 5.74) is 7.30. The summed E-state index contributed by atoms with van der Waals surface area (Å²) in [6.07, 6.45) is 2.99. The molecule has 1 aliphatic rings. The zero-order valence-corrected chi connectivity index (χ0v) is 12.1. The van der Waals surface area contributed by atoms with Crippen LogP contribution in [0.25, 0.3) is 0 Å². The van der Waals surface area contributed by atoms with Gasteiger partial charge < -0.3 is 10.5 Å². The standard InChI is InChI=1S/C13H17BrClNO/c14-11-2-1-10(12(15)7-11)8-13(9-16)3-5-17-6-4-13/h1-2,7H,3-6,8-9,16H2. The predicted molar refractivity (Wildman–Crippen MR) is 74.4 cm³/mol. The molecule has 2 nitrogen and oxygen atoms in total. The molecule has 0 amide bonds. The molecule has 0 atom stereocenters. The van der Waals surface area contributed by atoms with Gasteiger partial charge in [0.05, 0.1) is 0 Å². The average molecular weight is 319 g/mol. The molecule has 1 heterocycles. The molecule has 0 bridgehead atoms. The maximum absolute atomic E-state index is 6.27. The number of hydrogen-bond donors (Lipinski definition) is 1. The van der Waals surface area contributed by atoms with E-state index in [0.717, 1.165) is 42.0 Å². The minimum absolute atomic E-state index is 0.162. The lowest BCUT2D eigenvalue weighted by atomic mass is 9.75. The Kier molecular flexibility index (Phi) is 4.47. The van der Waals surface area contributed by atoms with Crippen molar-refractivity contribution in [2.75, 3.05) is 19.8 Å². The van der Waals surface area contributed by atoms with Crippen LogP contribution in [0.1, 0.15) is 18.4 Å². The minimum atomic E-state index is 0.162. The molecule has 0 unspecified atom stereocenters. The Bertz CT molecular complexity index is 391. The van der Waals surface area contributed by atoms with Crippen LogP contribution in [0.3, 0.4) is 0 Å². The van der Waals surface area contributed by atoms with Crippen LogP contribution in [0, 0.1) is 5.41 Å². The van der Waals surface area contributed by atoms with E-state index < -0.39 is 0 Å². The molecule has 4 heteroatoms. The smallest absolute Gasteiger partial charge is 0.0471 e. The molecule has 1 aliphatic heterocycles. The average Bonchev–Trinajstić information content (AvgIpc) is 2.34. The lowest BCUT2D eigenvalue weighted by Gasteiger charge is -2.36. The second-order valence-electron chi connectivity index (χ2n) is 4.73. The van der Waals surface area contributed by atoms with E-state index in [-0.39, 0.29) is 5.41 Å². The fourth-order valence-corrected chi connectivity index (χ4v) is 3.07. The van der Waals surface area contributed by atoms with Crippen molar-refractivity contribution in [2.24, 2.45) is 11.1 Å². The third kappa shape index (κ3) is 3.22. The number of ether oxygens (including phenoxy) is 1. The fraction of sp³-hybridized carbons (Fsp3) is 0.538. The van der Waals surface area contributed by atoms with Crippen LogP contribution in [0.2, 0.25) is 5.02 Å². The largest absolute Gasteiger partial charge is 0.381 e. The SMILES string of the molecule is NCC1(Cc2ccc(Br)cc2Cl)CCOCC1. The maximum atomic E-state index is 6.27. The summed E-state index contributed by atoms with van der Waals surface area (Å²) >= 11 is 9.69. The number of nitrogens with two attached hydrogens (primary N) is 1. The van der Waals surface area contributed by atoms with Crippen molar-refractivity contribution in [1.82, 2.24) is 0 Å². The monoisotopic (exact) mass is 317 g/mol. The molecular formula is C13H17BrClNO. The Hall–Kier alpha value is -0.0900. The van der Waals surface area contributed by atoms with Crippen LogP contribution >= 0.6 is 27.5 Å². The Labute approximate surface area is 116 Å². The highest BCUT2D eigenvalue weighted by Gasteiger charge is 2.31. The van der Waals surface area contributed by atoms with Crippen LogP contribution < -0.4 is 5.73 Å². The van der Waals surface area contributed by atoms with E-state index in [9.17, 15) is 0 Å². The molecule has 1 saturated heterocycles. The van der Waals surface area contributed by atoms with Gasteiger partial charge in [-0.3, -0.25) is 0 Å². The van der Waals surface area contributed by atoms with Crippen LogP contribution in [-0.4, -0.2) is 19.8 Å². The molecule has 2 rings (SSSR count). The first-order chi connectivity index (χ1) is 8.15. The molecule has 0 aromatic heterocycles. The van der Waals surface area contributed by atoms with E-state index in [2.05, 4.69) is 22.0 Å². The van der Waals surface area contributed by atoms with Gasteiger partial charge in [0, 0.05) is 22.7 Å². The van der Waals surface area contributed by atoms with Gasteiger partial charge in [0.15, 0.2) is 0 Å². The van der Waals surface area contributed by atoms with Gasteiger partial charge in [-0.1, -0.05) is 33.6 Å². The van der Waals surface area contributed by atoms with Gasteiger partial charge in [-0.15, -0.1) is 0 Å². The summed E-state index contributed by atoms with van der Waals surface area (Å²) < 4.78 is 6.43. The number of halogens is 2. The van der Waals surface area contributed by atoms with E-state index in [1.165, 1.54) is 5.56 Å².